The normalized spacial score (nSPS) is 14.5. The largest absolute Gasteiger partial charge is 0.472 e. The fourth-order valence-electron chi connectivity index (χ4n) is 10.1. The number of unbranched alkanes of at least 4 members (excludes halogenated alkanes) is 30. The van der Waals surface area contributed by atoms with E-state index >= 15 is 0 Å². The van der Waals surface area contributed by atoms with Crippen LogP contribution >= 0.6 is 15.6 Å². The van der Waals surface area contributed by atoms with Crippen LogP contribution in [0.4, 0.5) is 0 Å². The van der Waals surface area contributed by atoms with E-state index in [0.29, 0.717) is 25.7 Å². The summed E-state index contributed by atoms with van der Waals surface area (Å²) in [5, 5.41) is 10.6. The van der Waals surface area contributed by atoms with Gasteiger partial charge in [0.25, 0.3) is 0 Å². The molecule has 0 saturated carbocycles. The van der Waals surface area contributed by atoms with Gasteiger partial charge in [0.1, 0.15) is 19.3 Å². The van der Waals surface area contributed by atoms with Gasteiger partial charge < -0.3 is 33.8 Å². The van der Waals surface area contributed by atoms with Gasteiger partial charge in [-0.3, -0.25) is 37.3 Å². The van der Waals surface area contributed by atoms with E-state index in [9.17, 15) is 43.2 Å². The van der Waals surface area contributed by atoms with Gasteiger partial charge in [0, 0.05) is 25.7 Å². The van der Waals surface area contributed by atoms with E-state index < -0.39 is 97.5 Å². The molecular formula is C79H138O17P2. The molecule has 0 rings (SSSR count). The first-order chi connectivity index (χ1) is 47.7. The molecule has 0 spiro atoms. The van der Waals surface area contributed by atoms with Gasteiger partial charge in [-0.05, 0) is 141 Å². The van der Waals surface area contributed by atoms with E-state index in [0.717, 1.165) is 180 Å². The van der Waals surface area contributed by atoms with Crippen molar-refractivity contribution in [3.63, 3.8) is 0 Å². The second-order valence-corrected chi connectivity index (χ2v) is 28.5. The molecule has 0 aliphatic heterocycles. The average Bonchev–Trinajstić information content (AvgIpc) is 0.969. The Bertz CT molecular complexity index is 2240. The second-order valence-electron chi connectivity index (χ2n) is 25.6. The number of aliphatic hydroxyl groups excluding tert-OH is 1. The van der Waals surface area contributed by atoms with E-state index in [1.54, 1.807) is 0 Å². The molecule has 17 nitrogen and oxygen atoms in total. The van der Waals surface area contributed by atoms with Crippen LogP contribution in [-0.2, 0) is 65.4 Å². The fraction of sp³-hybridized carbons (Fsp3) is 0.747. The molecule has 0 saturated heterocycles. The number of rotatable bonds is 72. The summed E-state index contributed by atoms with van der Waals surface area (Å²) in [6.45, 7) is 4.63. The van der Waals surface area contributed by atoms with Crippen molar-refractivity contribution in [3.8, 4) is 0 Å². The minimum absolute atomic E-state index is 0.0773. The van der Waals surface area contributed by atoms with Crippen molar-refractivity contribution in [3.05, 3.63) is 97.2 Å². The predicted molar refractivity (Wildman–Crippen MR) is 399 cm³/mol. The summed E-state index contributed by atoms with van der Waals surface area (Å²) >= 11 is 0. The van der Waals surface area contributed by atoms with E-state index in [2.05, 4.69) is 125 Å². The first-order valence-electron chi connectivity index (χ1n) is 38.5. The topological polar surface area (TPSA) is 237 Å². The van der Waals surface area contributed by atoms with Gasteiger partial charge in [-0.25, -0.2) is 9.13 Å². The van der Waals surface area contributed by atoms with Crippen LogP contribution in [-0.4, -0.2) is 96.7 Å². The standard InChI is InChI=1S/C79H138O17P2/c1-5-9-13-17-21-25-29-33-35-36-38-42-44-48-52-56-60-64-77(82)90-70-75(96-79(84)66-62-58-54-50-46-40-32-28-24-20-16-12-8-4)72-94-98(87,88)92-68-73(80)67-91-97(85,86)93-71-74(95-78(83)65-61-57-53-49-45-39-31-27-23-19-15-11-7-3)69-89-76(81)63-59-55-51-47-43-41-37-34-30-26-22-18-14-10-6-2/h9,13,15,19,21,25,27-28,31-35,37-38,42,73-75,80H,5-8,10-12,14,16-18,20,22-24,26,29-30,36,39-41,43-72H2,1-4H3,(H,85,86)(H,87,88)/b13-9-,19-15-,25-21-,31-27-,32-28-,35-33-,37-34-,42-38-. The minimum Gasteiger partial charge on any atom is -0.462 e. The Morgan fingerprint density at radius 2 is 0.551 bits per heavy atom. The van der Waals surface area contributed by atoms with Crippen LogP contribution in [0.1, 0.15) is 323 Å². The van der Waals surface area contributed by atoms with Crippen LogP contribution in [0.3, 0.4) is 0 Å². The highest BCUT2D eigenvalue weighted by Crippen LogP contribution is 2.45. The van der Waals surface area contributed by atoms with Crippen LogP contribution in [0, 0.1) is 0 Å². The van der Waals surface area contributed by atoms with Crippen molar-refractivity contribution in [2.45, 2.75) is 341 Å². The van der Waals surface area contributed by atoms with Crippen molar-refractivity contribution in [1.29, 1.82) is 0 Å². The number of carbonyl (C=O) groups is 4. The summed E-state index contributed by atoms with van der Waals surface area (Å²) in [5.74, 6) is -2.22. The molecule has 3 N–H and O–H groups in total. The monoisotopic (exact) mass is 1420 g/mol. The molecule has 0 aromatic rings. The molecule has 0 heterocycles. The van der Waals surface area contributed by atoms with Gasteiger partial charge in [0.05, 0.1) is 26.4 Å². The molecule has 5 unspecified atom stereocenters. The summed E-state index contributed by atoms with van der Waals surface area (Å²) < 4.78 is 68.4. The summed E-state index contributed by atoms with van der Waals surface area (Å²) in [4.78, 5) is 72.8. The van der Waals surface area contributed by atoms with Crippen LogP contribution in [0.15, 0.2) is 97.2 Å². The highest BCUT2D eigenvalue weighted by atomic mass is 31.2. The zero-order chi connectivity index (χ0) is 71.8. The third kappa shape index (κ3) is 70.4. The maximum Gasteiger partial charge on any atom is 0.472 e. The second kappa shape index (κ2) is 71.4. The molecule has 98 heavy (non-hydrogen) atoms. The van der Waals surface area contributed by atoms with Crippen LogP contribution < -0.4 is 0 Å². The number of phosphoric acid groups is 2. The maximum absolute atomic E-state index is 13.1. The van der Waals surface area contributed by atoms with Crippen molar-refractivity contribution < 1.29 is 80.2 Å². The van der Waals surface area contributed by atoms with E-state index in [4.69, 9.17) is 37.0 Å². The Labute approximate surface area is 595 Å². The summed E-state index contributed by atoms with van der Waals surface area (Å²) in [5.41, 5.74) is 0. The Morgan fingerprint density at radius 1 is 0.296 bits per heavy atom. The zero-order valence-corrected chi connectivity index (χ0v) is 63.5. The molecule has 0 fully saturated rings. The SMILES string of the molecule is CC/C=C\C/C=C\C/C=C\C/C=C\CCCCCCC(=O)OCC(COP(=O)(O)OCC(O)COP(=O)(O)OCC(COC(=O)CCCCCCC/C=C\CCCCCCCC)OC(=O)CCCCCCC/C=C\C/C=C\CCC)OC(=O)CCCCCCC/C=C\CCCCCC. The van der Waals surface area contributed by atoms with E-state index in [1.807, 2.05) is 0 Å². The number of hydrogen-bond acceptors (Lipinski definition) is 15. The number of ether oxygens (including phenoxy) is 4. The number of allylic oxidation sites excluding steroid dienone is 16. The molecular weight excluding hydrogens is 1280 g/mol. The Kier molecular flexibility index (Phi) is 68.4. The molecule has 0 radical (unpaired) electrons. The van der Waals surface area contributed by atoms with Crippen molar-refractivity contribution in [2.24, 2.45) is 0 Å². The predicted octanol–water partition coefficient (Wildman–Crippen LogP) is 22.0. The molecule has 0 amide bonds. The molecule has 0 aromatic heterocycles. The van der Waals surface area contributed by atoms with Crippen molar-refractivity contribution in [1.82, 2.24) is 0 Å². The number of carbonyl (C=O) groups excluding carboxylic acids is 4. The van der Waals surface area contributed by atoms with Crippen LogP contribution in [0.25, 0.3) is 0 Å². The summed E-state index contributed by atoms with van der Waals surface area (Å²) in [7, 11) is -9.96. The van der Waals surface area contributed by atoms with Crippen molar-refractivity contribution in [2.75, 3.05) is 39.6 Å². The van der Waals surface area contributed by atoms with Gasteiger partial charge in [-0.1, -0.05) is 253 Å². The maximum atomic E-state index is 13.1. The third-order valence-corrected chi connectivity index (χ3v) is 17.9. The lowest BCUT2D eigenvalue weighted by molar-refractivity contribution is -0.161. The van der Waals surface area contributed by atoms with Crippen LogP contribution in [0.5, 0.6) is 0 Å². The van der Waals surface area contributed by atoms with Gasteiger partial charge in [0.15, 0.2) is 12.2 Å². The zero-order valence-electron chi connectivity index (χ0n) is 61.7. The smallest absolute Gasteiger partial charge is 0.462 e. The van der Waals surface area contributed by atoms with E-state index in [-0.39, 0.29) is 25.7 Å². The molecule has 0 bridgehead atoms. The third-order valence-electron chi connectivity index (χ3n) is 16.0. The van der Waals surface area contributed by atoms with E-state index in [1.165, 1.54) is 64.2 Å². The highest BCUT2D eigenvalue weighted by Gasteiger charge is 2.30. The van der Waals surface area contributed by atoms with Gasteiger partial charge in [-0.2, -0.15) is 0 Å². The summed E-state index contributed by atoms with van der Waals surface area (Å²) in [6.07, 6.45) is 73.9. The number of aliphatic hydroxyl groups is 1. The van der Waals surface area contributed by atoms with Crippen molar-refractivity contribution >= 4 is 39.5 Å². The Balaban J connectivity index is 5.36. The molecule has 19 heteroatoms. The lowest BCUT2D eigenvalue weighted by Gasteiger charge is -2.21. The molecule has 0 aliphatic carbocycles. The molecule has 0 aromatic carbocycles. The Morgan fingerprint density at radius 3 is 0.878 bits per heavy atom. The average molecular weight is 1420 g/mol. The Hall–Kier alpha value is -4.02. The molecule has 566 valence electrons. The lowest BCUT2D eigenvalue weighted by Crippen LogP contribution is -2.30. The molecule has 5 atom stereocenters. The number of esters is 4. The fourth-order valence-corrected chi connectivity index (χ4v) is 11.7. The van der Waals surface area contributed by atoms with Gasteiger partial charge in [-0.15, -0.1) is 0 Å². The van der Waals surface area contributed by atoms with Gasteiger partial charge in [0.2, 0.25) is 0 Å². The van der Waals surface area contributed by atoms with Gasteiger partial charge >= 0.3 is 39.5 Å². The number of hydrogen-bond donors (Lipinski definition) is 3. The van der Waals surface area contributed by atoms with Crippen LogP contribution in [0.2, 0.25) is 0 Å². The highest BCUT2D eigenvalue weighted by molar-refractivity contribution is 7.47. The lowest BCUT2D eigenvalue weighted by atomic mass is 10.1. The first kappa shape index (κ1) is 94.0. The molecule has 0 aliphatic rings. The minimum atomic E-state index is -4.98. The quantitative estimate of drug-likeness (QED) is 0.0169. The first-order valence-corrected chi connectivity index (χ1v) is 41.5. The number of phosphoric ester groups is 2. The summed E-state index contributed by atoms with van der Waals surface area (Å²) in [6, 6.07) is 0.